The molecule has 8 nitrogen and oxygen atoms in total. The first-order chi connectivity index (χ1) is 16.7. The van der Waals surface area contributed by atoms with Gasteiger partial charge in [-0.15, -0.1) is 17.3 Å². The molecule has 1 fully saturated rings. The van der Waals surface area contributed by atoms with Crippen LogP contribution < -0.4 is 10.2 Å². The van der Waals surface area contributed by atoms with Crippen molar-refractivity contribution in [3.8, 4) is 22.4 Å². The molecule has 0 aliphatic carbocycles. The van der Waals surface area contributed by atoms with E-state index in [0.717, 1.165) is 52.9 Å². The van der Waals surface area contributed by atoms with Crippen LogP contribution in [0.5, 0.6) is 0 Å². The van der Waals surface area contributed by atoms with E-state index in [1.807, 2.05) is 24.4 Å². The van der Waals surface area contributed by atoms with Crippen LogP contribution >= 0.6 is 11.3 Å². The number of hydrogen-bond donors (Lipinski definition) is 1. The summed E-state index contributed by atoms with van der Waals surface area (Å²) in [6, 6.07) is 3.47. The Bertz CT molecular complexity index is 1100. The molecule has 4 rings (SSSR count). The van der Waals surface area contributed by atoms with Gasteiger partial charge in [0.05, 0.1) is 16.6 Å². The number of amides is 1. The Hall–Kier alpha value is -3.25. The molecule has 1 saturated heterocycles. The number of alkyl carbamates (subject to hydrolysis) is 1. The molecule has 9 heteroatoms. The SMILES string of the molecule is CC#CCOC(=O)NC(CCC)C1=CC(c2sc(-c3cccnc3)nc2N2CCCCC2)N=N1. The van der Waals surface area contributed by atoms with Gasteiger partial charge in [0, 0.05) is 31.0 Å². The summed E-state index contributed by atoms with van der Waals surface area (Å²) in [4.78, 5) is 24.9. The second kappa shape index (κ2) is 11.7. The molecule has 34 heavy (non-hydrogen) atoms. The summed E-state index contributed by atoms with van der Waals surface area (Å²) in [6.07, 6.45) is 10.4. The molecule has 1 N–H and O–H groups in total. The first-order valence-corrected chi connectivity index (χ1v) is 12.6. The molecule has 178 valence electrons. The van der Waals surface area contributed by atoms with Crippen LogP contribution in [0, 0.1) is 11.8 Å². The number of azo groups is 1. The van der Waals surface area contributed by atoms with Gasteiger partial charge in [0.25, 0.3) is 0 Å². The van der Waals surface area contributed by atoms with Crippen LogP contribution in [0.1, 0.15) is 56.9 Å². The first kappa shape index (κ1) is 23.9. The Balaban J connectivity index is 1.58. The third kappa shape index (κ3) is 5.81. The highest BCUT2D eigenvalue weighted by Crippen LogP contribution is 2.42. The maximum absolute atomic E-state index is 12.2. The minimum absolute atomic E-state index is 0.0710. The van der Waals surface area contributed by atoms with Crippen molar-refractivity contribution in [2.75, 3.05) is 24.6 Å². The first-order valence-electron chi connectivity index (χ1n) is 11.8. The molecule has 0 aromatic carbocycles. The van der Waals surface area contributed by atoms with Crippen molar-refractivity contribution in [3.63, 3.8) is 0 Å². The average Bonchev–Trinajstić information content (AvgIpc) is 3.53. The maximum Gasteiger partial charge on any atom is 0.408 e. The standard InChI is InChI=1S/C25H30N6O2S/c1-3-5-15-33-25(32)27-19(10-4-2)20-16-21(30-29-20)22-23(31-13-7-6-8-14-31)28-24(34-22)18-11-9-12-26-17-18/h9,11-12,16-17,19,21H,4,6-8,10,13-15H2,1-2H3,(H,27,32). The third-order valence-electron chi connectivity index (χ3n) is 5.77. The van der Waals surface area contributed by atoms with E-state index in [2.05, 4.69) is 44.2 Å². The lowest BCUT2D eigenvalue weighted by molar-refractivity contribution is 0.156. The van der Waals surface area contributed by atoms with Crippen molar-refractivity contribution < 1.29 is 9.53 Å². The van der Waals surface area contributed by atoms with Crippen molar-refractivity contribution >= 4 is 23.2 Å². The van der Waals surface area contributed by atoms with Gasteiger partial charge in [0.15, 0.2) is 6.61 Å². The van der Waals surface area contributed by atoms with Crippen LogP contribution in [0.3, 0.4) is 0 Å². The fourth-order valence-electron chi connectivity index (χ4n) is 4.07. The van der Waals surface area contributed by atoms with E-state index in [1.165, 1.54) is 19.3 Å². The lowest BCUT2D eigenvalue weighted by atomic mass is 10.1. The summed E-state index contributed by atoms with van der Waals surface area (Å²) < 4.78 is 5.14. The molecule has 0 radical (unpaired) electrons. The number of pyridine rings is 1. The number of rotatable bonds is 8. The molecule has 4 heterocycles. The van der Waals surface area contributed by atoms with Crippen LogP contribution in [-0.4, -0.2) is 41.8 Å². The number of ether oxygens (including phenoxy) is 1. The normalized spacial score (nSPS) is 18.1. The number of nitrogens with one attached hydrogen (secondary N) is 1. The van der Waals surface area contributed by atoms with Gasteiger partial charge in [0.1, 0.15) is 16.9 Å². The fraction of sp³-hybridized carbons (Fsp3) is 0.480. The van der Waals surface area contributed by atoms with Gasteiger partial charge < -0.3 is 15.0 Å². The number of hydrogen-bond acceptors (Lipinski definition) is 8. The smallest absolute Gasteiger partial charge is 0.408 e. The monoisotopic (exact) mass is 478 g/mol. The Morgan fingerprint density at radius 1 is 1.35 bits per heavy atom. The third-order valence-corrected chi connectivity index (χ3v) is 6.94. The van der Waals surface area contributed by atoms with Crippen molar-refractivity contribution in [3.05, 3.63) is 41.2 Å². The number of anilines is 1. The molecule has 2 unspecified atom stereocenters. The molecular formula is C25H30N6O2S. The molecule has 2 aliphatic heterocycles. The summed E-state index contributed by atoms with van der Waals surface area (Å²) in [5.74, 6) is 6.43. The Morgan fingerprint density at radius 3 is 2.94 bits per heavy atom. The van der Waals surface area contributed by atoms with Gasteiger partial charge in [-0.3, -0.25) is 4.98 Å². The molecule has 2 aromatic heterocycles. The van der Waals surface area contributed by atoms with Gasteiger partial charge in [-0.25, -0.2) is 9.78 Å². The van der Waals surface area contributed by atoms with Crippen LogP contribution in [0.25, 0.3) is 10.6 Å². The van der Waals surface area contributed by atoms with Crippen LogP contribution in [0.4, 0.5) is 10.6 Å². The number of aromatic nitrogens is 2. The molecule has 2 aromatic rings. The number of carbonyl (C=O) groups is 1. The summed E-state index contributed by atoms with van der Waals surface area (Å²) in [5, 5.41) is 12.9. The largest absolute Gasteiger partial charge is 0.436 e. The molecule has 0 spiro atoms. The minimum atomic E-state index is -0.494. The van der Waals surface area contributed by atoms with Crippen molar-refractivity contribution in [2.45, 2.75) is 58.0 Å². The Morgan fingerprint density at radius 2 is 2.21 bits per heavy atom. The fourth-order valence-corrected chi connectivity index (χ4v) is 5.15. The van der Waals surface area contributed by atoms with Crippen LogP contribution in [0.2, 0.25) is 0 Å². The van der Waals surface area contributed by atoms with Crippen LogP contribution in [0.15, 0.2) is 46.5 Å². The van der Waals surface area contributed by atoms with Gasteiger partial charge in [-0.05, 0) is 50.8 Å². The van der Waals surface area contributed by atoms with E-state index in [4.69, 9.17) is 9.72 Å². The van der Waals surface area contributed by atoms with E-state index in [0.29, 0.717) is 0 Å². The van der Waals surface area contributed by atoms with E-state index in [9.17, 15) is 4.79 Å². The van der Waals surface area contributed by atoms with E-state index in [-0.39, 0.29) is 18.7 Å². The quantitative estimate of drug-likeness (QED) is 0.506. The Kier molecular flexibility index (Phi) is 8.26. The summed E-state index contributed by atoms with van der Waals surface area (Å²) in [7, 11) is 0. The number of thiazole rings is 1. The van der Waals surface area contributed by atoms with Crippen molar-refractivity contribution in [1.29, 1.82) is 0 Å². The zero-order valence-corrected chi connectivity index (χ0v) is 20.5. The van der Waals surface area contributed by atoms with Gasteiger partial charge in [-0.1, -0.05) is 19.3 Å². The van der Waals surface area contributed by atoms with E-state index >= 15 is 0 Å². The zero-order chi connectivity index (χ0) is 23.8. The zero-order valence-electron chi connectivity index (χ0n) is 19.7. The molecular weight excluding hydrogens is 448 g/mol. The Labute approximate surface area is 204 Å². The summed E-state index contributed by atoms with van der Waals surface area (Å²) >= 11 is 1.64. The van der Waals surface area contributed by atoms with E-state index in [1.54, 1.807) is 24.5 Å². The van der Waals surface area contributed by atoms with Crippen LogP contribution in [-0.2, 0) is 4.74 Å². The topological polar surface area (TPSA) is 92.1 Å². The lowest BCUT2D eigenvalue weighted by Crippen LogP contribution is -2.36. The predicted octanol–water partition coefficient (Wildman–Crippen LogP) is 5.50. The number of piperidine rings is 1. The average molecular weight is 479 g/mol. The highest BCUT2D eigenvalue weighted by molar-refractivity contribution is 7.15. The molecule has 0 saturated carbocycles. The molecule has 2 aliphatic rings. The highest BCUT2D eigenvalue weighted by atomic mass is 32.1. The maximum atomic E-state index is 12.2. The molecule has 1 amide bonds. The second-order valence-corrected chi connectivity index (χ2v) is 9.27. The van der Waals surface area contributed by atoms with E-state index < -0.39 is 6.09 Å². The van der Waals surface area contributed by atoms with Gasteiger partial charge >= 0.3 is 6.09 Å². The summed E-state index contributed by atoms with van der Waals surface area (Å²) in [6.45, 7) is 5.85. The highest BCUT2D eigenvalue weighted by Gasteiger charge is 2.29. The van der Waals surface area contributed by atoms with Gasteiger partial charge in [-0.2, -0.15) is 10.2 Å². The van der Waals surface area contributed by atoms with Gasteiger partial charge in [0.2, 0.25) is 0 Å². The minimum Gasteiger partial charge on any atom is -0.436 e. The molecule has 2 atom stereocenters. The summed E-state index contributed by atoms with van der Waals surface area (Å²) in [5.41, 5.74) is 1.76. The number of carbonyl (C=O) groups excluding carboxylic acids is 1. The van der Waals surface area contributed by atoms with Crippen molar-refractivity contribution in [1.82, 2.24) is 15.3 Å². The van der Waals surface area contributed by atoms with Crippen molar-refractivity contribution in [2.24, 2.45) is 10.2 Å². The number of nitrogens with zero attached hydrogens (tertiary/aromatic N) is 5. The second-order valence-electron chi connectivity index (χ2n) is 8.24. The molecule has 0 bridgehead atoms. The predicted molar refractivity (Wildman–Crippen MR) is 134 cm³/mol. The lowest BCUT2D eigenvalue weighted by Gasteiger charge is -2.28.